The van der Waals surface area contributed by atoms with Gasteiger partial charge in [0.1, 0.15) is 11.5 Å². The highest BCUT2D eigenvalue weighted by Gasteiger charge is 2.22. The fourth-order valence-corrected chi connectivity index (χ4v) is 3.52. The molecule has 0 amide bonds. The zero-order valence-electron chi connectivity index (χ0n) is 16.6. The van der Waals surface area contributed by atoms with Crippen LogP contribution in [0.4, 0.5) is 11.4 Å². The van der Waals surface area contributed by atoms with Crippen molar-refractivity contribution >= 4 is 28.2 Å². The van der Waals surface area contributed by atoms with E-state index in [-0.39, 0.29) is 17.0 Å². The summed E-state index contributed by atoms with van der Waals surface area (Å²) in [5.41, 5.74) is 2.97. The molecule has 7 nitrogen and oxygen atoms in total. The molecule has 0 spiro atoms. The highest BCUT2D eigenvalue weighted by molar-refractivity contribution is 6.09. The van der Waals surface area contributed by atoms with Crippen LogP contribution in [-0.4, -0.2) is 27.3 Å². The molecule has 1 aromatic heterocycles. The number of aryl methyl sites for hydroxylation is 1. The molecule has 0 unspecified atom stereocenters. The summed E-state index contributed by atoms with van der Waals surface area (Å²) in [4.78, 5) is 30.4. The minimum atomic E-state index is -0.456. The summed E-state index contributed by atoms with van der Waals surface area (Å²) in [6.07, 6.45) is 0. The van der Waals surface area contributed by atoms with E-state index in [1.54, 1.807) is 48.3 Å². The van der Waals surface area contributed by atoms with Gasteiger partial charge >= 0.3 is 0 Å². The predicted molar refractivity (Wildman–Crippen MR) is 116 cm³/mol. The molecule has 0 aliphatic rings. The summed E-state index contributed by atoms with van der Waals surface area (Å²) in [5.74, 6) is 0.542. The number of hydrogen-bond acceptors (Lipinski definition) is 5. The van der Waals surface area contributed by atoms with Crippen LogP contribution in [-0.2, 0) is 13.6 Å². The monoisotopic (exact) mass is 400 g/mol. The first-order valence-corrected chi connectivity index (χ1v) is 9.45. The second-order valence-corrected chi connectivity index (χ2v) is 7.09. The second-order valence-electron chi connectivity index (χ2n) is 7.09. The Hall–Kier alpha value is -4.00. The van der Waals surface area contributed by atoms with Crippen LogP contribution in [0, 0.1) is 10.1 Å². The number of fused-ring (bicyclic) bond motifs is 1. The highest BCUT2D eigenvalue weighted by Crippen LogP contribution is 2.30. The Bertz CT molecular complexity index is 1250. The molecular weight excluding hydrogens is 380 g/mol. The largest absolute Gasteiger partial charge is 0.362 e. The molecule has 0 bridgehead atoms. The van der Waals surface area contributed by atoms with Crippen LogP contribution in [0.5, 0.6) is 0 Å². The van der Waals surface area contributed by atoms with Crippen LogP contribution in [0.1, 0.15) is 21.7 Å². The minimum Gasteiger partial charge on any atom is -0.362 e. The van der Waals surface area contributed by atoms with Gasteiger partial charge < -0.3 is 9.47 Å². The fraction of sp³-hybridized carbons (Fsp3) is 0.130. The number of carbonyl (C=O) groups is 1. The molecule has 0 N–H and O–H groups in total. The summed E-state index contributed by atoms with van der Waals surface area (Å²) < 4.78 is 1.98. The first-order chi connectivity index (χ1) is 14.5. The molecular formula is C23H20N4O3. The lowest BCUT2D eigenvalue weighted by Gasteiger charge is -2.19. The molecule has 30 heavy (non-hydrogen) atoms. The third kappa shape index (κ3) is 3.53. The third-order valence-electron chi connectivity index (χ3n) is 5.14. The number of nitrogens with zero attached hydrogens (tertiary/aromatic N) is 4. The minimum absolute atomic E-state index is 0.113. The second kappa shape index (κ2) is 7.79. The molecule has 0 atom stereocenters. The van der Waals surface area contributed by atoms with Crippen molar-refractivity contribution < 1.29 is 9.72 Å². The molecule has 4 aromatic rings. The Morgan fingerprint density at radius 1 is 1.03 bits per heavy atom. The van der Waals surface area contributed by atoms with Gasteiger partial charge in [-0.3, -0.25) is 14.9 Å². The van der Waals surface area contributed by atoms with Crippen molar-refractivity contribution in [3.8, 4) is 0 Å². The van der Waals surface area contributed by atoms with Crippen LogP contribution >= 0.6 is 0 Å². The summed E-state index contributed by atoms with van der Waals surface area (Å²) in [5, 5.41) is 11.7. The molecule has 0 radical (unpaired) electrons. The molecule has 150 valence electrons. The number of anilines is 1. The highest BCUT2D eigenvalue weighted by atomic mass is 16.6. The van der Waals surface area contributed by atoms with Crippen LogP contribution < -0.4 is 4.90 Å². The predicted octanol–water partition coefficient (Wildman–Crippen LogP) is 4.35. The Kier molecular flexibility index (Phi) is 5.02. The Labute approximate surface area is 173 Å². The molecule has 3 aromatic carbocycles. The van der Waals surface area contributed by atoms with Crippen molar-refractivity contribution in [3.63, 3.8) is 0 Å². The zero-order valence-corrected chi connectivity index (χ0v) is 16.6. The van der Waals surface area contributed by atoms with E-state index in [2.05, 4.69) is 4.98 Å². The maximum Gasteiger partial charge on any atom is 0.293 e. The average molecular weight is 400 g/mol. The van der Waals surface area contributed by atoms with Crippen LogP contribution in [0.25, 0.3) is 11.0 Å². The van der Waals surface area contributed by atoms with Gasteiger partial charge in [0.15, 0.2) is 5.78 Å². The van der Waals surface area contributed by atoms with E-state index in [9.17, 15) is 14.9 Å². The lowest BCUT2D eigenvalue weighted by molar-refractivity contribution is -0.384. The van der Waals surface area contributed by atoms with Gasteiger partial charge in [-0.05, 0) is 24.3 Å². The Balaban J connectivity index is 1.66. The normalized spacial score (nSPS) is 10.9. The van der Waals surface area contributed by atoms with Crippen molar-refractivity contribution in [1.82, 2.24) is 9.55 Å². The molecule has 0 saturated heterocycles. The molecule has 1 heterocycles. The molecule has 7 heteroatoms. The summed E-state index contributed by atoms with van der Waals surface area (Å²) in [6, 6.07) is 21.1. The van der Waals surface area contributed by atoms with Crippen LogP contribution in [0.2, 0.25) is 0 Å². The number of rotatable bonds is 6. The number of benzene rings is 3. The standard InChI is InChI=1S/C23H20N4O3/c1-25(15-22-24-18-10-6-7-11-19(18)26(22)2)20-13-12-17(14-21(20)27(29)30)23(28)16-8-4-3-5-9-16/h3-14H,15H2,1-2H3. The van der Waals surface area contributed by atoms with Gasteiger partial charge in [0.25, 0.3) is 5.69 Å². The number of para-hydroxylation sites is 2. The van der Waals surface area contributed by atoms with Crippen molar-refractivity contribution in [3.05, 3.63) is 99.9 Å². The number of carbonyl (C=O) groups excluding carboxylic acids is 1. The number of aromatic nitrogens is 2. The van der Waals surface area contributed by atoms with Crippen LogP contribution in [0.3, 0.4) is 0 Å². The number of nitro groups is 1. The van der Waals surface area contributed by atoms with E-state index in [0.717, 1.165) is 16.9 Å². The molecule has 0 aliphatic heterocycles. The Morgan fingerprint density at radius 2 is 1.73 bits per heavy atom. The van der Waals surface area contributed by atoms with Crippen molar-refractivity contribution in [2.45, 2.75) is 6.54 Å². The topological polar surface area (TPSA) is 81.3 Å². The number of nitro benzene ring substituents is 1. The average Bonchev–Trinajstić information content (AvgIpc) is 3.08. The first-order valence-electron chi connectivity index (χ1n) is 9.45. The first kappa shape index (κ1) is 19.3. The summed E-state index contributed by atoms with van der Waals surface area (Å²) in [6.45, 7) is 0.387. The van der Waals surface area contributed by atoms with Crippen molar-refractivity contribution in [2.24, 2.45) is 7.05 Å². The third-order valence-corrected chi connectivity index (χ3v) is 5.14. The maximum atomic E-state index is 12.7. The maximum absolute atomic E-state index is 12.7. The van der Waals surface area contributed by atoms with Gasteiger partial charge in [0.2, 0.25) is 0 Å². The van der Waals surface area contributed by atoms with Gasteiger partial charge in [-0.2, -0.15) is 0 Å². The van der Waals surface area contributed by atoms with Gasteiger partial charge in [-0.25, -0.2) is 4.98 Å². The lowest BCUT2D eigenvalue weighted by Crippen LogP contribution is -2.20. The van der Waals surface area contributed by atoms with E-state index >= 15 is 0 Å². The quantitative estimate of drug-likeness (QED) is 0.273. The number of hydrogen-bond donors (Lipinski definition) is 0. The molecule has 0 aliphatic carbocycles. The number of ketones is 1. The Morgan fingerprint density at radius 3 is 2.43 bits per heavy atom. The van der Waals surface area contributed by atoms with Gasteiger partial charge in [0.05, 0.1) is 22.5 Å². The summed E-state index contributed by atoms with van der Waals surface area (Å²) >= 11 is 0. The van der Waals surface area contributed by atoms with Gasteiger partial charge in [-0.1, -0.05) is 42.5 Å². The SMILES string of the molecule is CN(Cc1nc2ccccc2n1C)c1ccc(C(=O)c2ccccc2)cc1[N+](=O)[O-]. The molecule has 4 rings (SSSR count). The van der Waals surface area contributed by atoms with Gasteiger partial charge in [-0.15, -0.1) is 0 Å². The van der Waals surface area contributed by atoms with E-state index < -0.39 is 4.92 Å². The van der Waals surface area contributed by atoms with Gasteiger partial charge in [0, 0.05) is 31.3 Å². The number of imidazole rings is 1. The van der Waals surface area contributed by atoms with E-state index in [4.69, 9.17) is 0 Å². The summed E-state index contributed by atoms with van der Waals surface area (Å²) in [7, 11) is 3.70. The molecule has 0 fully saturated rings. The zero-order chi connectivity index (χ0) is 21.3. The molecule has 0 saturated carbocycles. The van der Waals surface area contributed by atoms with E-state index in [0.29, 0.717) is 17.8 Å². The van der Waals surface area contributed by atoms with E-state index in [1.807, 2.05) is 41.9 Å². The van der Waals surface area contributed by atoms with E-state index in [1.165, 1.54) is 6.07 Å². The van der Waals surface area contributed by atoms with Crippen LogP contribution in [0.15, 0.2) is 72.8 Å². The van der Waals surface area contributed by atoms with Crippen molar-refractivity contribution in [1.29, 1.82) is 0 Å². The smallest absolute Gasteiger partial charge is 0.293 e. The van der Waals surface area contributed by atoms with Crippen molar-refractivity contribution in [2.75, 3.05) is 11.9 Å². The lowest BCUT2D eigenvalue weighted by atomic mass is 10.0. The fourth-order valence-electron chi connectivity index (χ4n) is 3.52.